The number of hydrogen-bond donors (Lipinski definition) is 1. The van der Waals surface area contributed by atoms with Gasteiger partial charge >= 0.3 is 5.97 Å². The Morgan fingerprint density at radius 1 is 1.33 bits per heavy atom. The fourth-order valence-electron chi connectivity index (χ4n) is 2.03. The Morgan fingerprint density at radius 3 is 2.24 bits per heavy atom. The molecule has 0 fully saturated rings. The lowest BCUT2D eigenvalue weighted by atomic mass is 10.2. The van der Waals surface area contributed by atoms with E-state index in [2.05, 4.69) is 5.10 Å². The van der Waals surface area contributed by atoms with Crippen molar-refractivity contribution in [3.05, 3.63) is 49.2 Å². The van der Waals surface area contributed by atoms with Crippen molar-refractivity contribution in [2.24, 2.45) is 0 Å². The predicted octanol–water partition coefficient (Wildman–Crippen LogP) is 3.40. The van der Waals surface area contributed by atoms with E-state index in [4.69, 9.17) is 28.3 Å². The third-order valence-electron chi connectivity index (χ3n) is 2.93. The van der Waals surface area contributed by atoms with Crippen LogP contribution in [0.3, 0.4) is 0 Å². The number of carboxylic acid groups (broad SMARTS) is 1. The second kappa shape index (κ2) is 5.34. The van der Waals surface area contributed by atoms with Crippen LogP contribution < -0.4 is 0 Å². The van der Waals surface area contributed by atoms with E-state index in [0.29, 0.717) is 11.4 Å². The molecule has 0 amide bonds. The summed E-state index contributed by atoms with van der Waals surface area (Å²) in [5.41, 5.74) is 0.620. The molecule has 0 spiro atoms. The number of carbonyl (C=O) groups is 1. The Kier molecular flexibility index (Phi) is 3.89. The number of benzene rings is 1. The first-order chi connectivity index (χ1) is 9.73. The molecule has 0 aliphatic heterocycles. The summed E-state index contributed by atoms with van der Waals surface area (Å²) in [7, 11) is 0. The summed E-state index contributed by atoms with van der Waals surface area (Å²) < 4.78 is 1.27. The van der Waals surface area contributed by atoms with E-state index in [0.717, 1.165) is 12.1 Å². The molecule has 7 nitrogen and oxygen atoms in total. The molecule has 0 bridgehead atoms. The van der Waals surface area contributed by atoms with Crippen molar-refractivity contribution in [1.29, 1.82) is 0 Å². The Balaban J connectivity index is 2.71. The van der Waals surface area contributed by atoms with Gasteiger partial charge in [0.1, 0.15) is 11.3 Å². The lowest BCUT2D eigenvalue weighted by Gasteiger charge is -2.09. The van der Waals surface area contributed by atoms with Crippen LogP contribution in [0.2, 0.25) is 10.0 Å². The van der Waals surface area contributed by atoms with Crippen LogP contribution in [0.5, 0.6) is 0 Å². The molecule has 2 rings (SSSR count). The predicted molar refractivity (Wildman–Crippen MR) is 76.7 cm³/mol. The summed E-state index contributed by atoms with van der Waals surface area (Å²) >= 11 is 12.1. The number of hydrogen-bond acceptors (Lipinski definition) is 4. The number of halogens is 2. The average molecular weight is 330 g/mol. The monoisotopic (exact) mass is 329 g/mol. The van der Waals surface area contributed by atoms with Gasteiger partial charge in [0.25, 0.3) is 5.69 Å². The molecule has 0 saturated carbocycles. The molecule has 0 aliphatic rings. The van der Waals surface area contributed by atoms with Crippen LogP contribution in [-0.4, -0.2) is 25.8 Å². The van der Waals surface area contributed by atoms with Gasteiger partial charge in [-0.15, -0.1) is 0 Å². The standard InChI is InChI=1S/C12H9Cl2N3O4/c1-5-10(12(18)19)6(2)16(15-5)11-8(13)3-7(17(20)21)4-9(11)14/h3-4H,1-2H3,(H,18,19). The van der Waals surface area contributed by atoms with Crippen LogP contribution >= 0.6 is 23.2 Å². The van der Waals surface area contributed by atoms with E-state index in [9.17, 15) is 14.9 Å². The van der Waals surface area contributed by atoms with Gasteiger partial charge in [0.2, 0.25) is 0 Å². The minimum absolute atomic E-state index is 0.0109. The number of nitro groups is 1. The molecule has 1 aromatic heterocycles. The van der Waals surface area contributed by atoms with Crippen molar-refractivity contribution < 1.29 is 14.8 Å². The molecule has 0 atom stereocenters. The maximum absolute atomic E-state index is 11.2. The van der Waals surface area contributed by atoms with Crippen molar-refractivity contribution in [3.63, 3.8) is 0 Å². The molecule has 9 heteroatoms. The Morgan fingerprint density at radius 2 is 1.86 bits per heavy atom. The summed E-state index contributed by atoms with van der Waals surface area (Å²) in [6, 6.07) is 2.28. The van der Waals surface area contributed by atoms with E-state index in [-0.39, 0.29) is 27.0 Å². The zero-order valence-corrected chi connectivity index (χ0v) is 12.4. The minimum Gasteiger partial charge on any atom is -0.478 e. The molecule has 0 radical (unpaired) electrons. The average Bonchev–Trinajstić information content (AvgIpc) is 2.63. The molecule has 2 aromatic rings. The van der Waals surface area contributed by atoms with Gasteiger partial charge in [0, 0.05) is 12.1 Å². The molecular formula is C12H9Cl2N3O4. The zero-order valence-electron chi connectivity index (χ0n) is 10.9. The third kappa shape index (κ3) is 2.57. The summed E-state index contributed by atoms with van der Waals surface area (Å²) in [6.45, 7) is 3.09. The Labute approximate surface area is 128 Å². The highest BCUT2D eigenvalue weighted by molar-refractivity contribution is 6.38. The molecule has 21 heavy (non-hydrogen) atoms. The molecule has 1 aromatic carbocycles. The second-order valence-electron chi connectivity index (χ2n) is 4.28. The quantitative estimate of drug-likeness (QED) is 0.687. The summed E-state index contributed by atoms with van der Waals surface area (Å²) in [5, 5.41) is 24.0. The first-order valence-corrected chi connectivity index (χ1v) is 6.43. The van der Waals surface area contributed by atoms with E-state index in [1.54, 1.807) is 13.8 Å². The van der Waals surface area contributed by atoms with Crippen molar-refractivity contribution in [1.82, 2.24) is 9.78 Å². The van der Waals surface area contributed by atoms with Crippen molar-refractivity contribution in [2.75, 3.05) is 0 Å². The van der Waals surface area contributed by atoms with Gasteiger partial charge in [-0.1, -0.05) is 23.2 Å². The lowest BCUT2D eigenvalue weighted by Crippen LogP contribution is -2.04. The van der Waals surface area contributed by atoms with Crippen LogP contribution in [0.1, 0.15) is 21.7 Å². The number of non-ortho nitro benzene ring substituents is 1. The third-order valence-corrected chi connectivity index (χ3v) is 3.51. The van der Waals surface area contributed by atoms with Gasteiger partial charge in [-0.2, -0.15) is 5.10 Å². The molecular weight excluding hydrogens is 321 g/mol. The number of nitrogens with zero attached hydrogens (tertiary/aromatic N) is 3. The van der Waals surface area contributed by atoms with Crippen molar-refractivity contribution in [3.8, 4) is 5.69 Å². The van der Waals surface area contributed by atoms with Crippen LogP contribution in [0.25, 0.3) is 5.69 Å². The van der Waals surface area contributed by atoms with Gasteiger partial charge in [-0.05, 0) is 13.8 Å². The summed E-state index contributed by atoms with van der Waals surface area (Å²) in [5.74, 6) is -1.12. The molecule has 110 valence electrons. The first-order valence-electron chi connectivity index (χ1n) is 5.67. The molecule has 1 N–H and O–H groups in total. The lowest BCUT2D eigenvalue weighted by molar-refractivity contribution is -0.384. The maximum atomic E-state index is 11.2. The number of rotatable bonds is 3. The molecule has 0 saturated heterocycles. The SMILES string of the molecule is Cc1nn(-c2c(Cl)cc([N+](=O)[O-])cc2Cl)c(C)c1C(=O)O. The van der Waals surface area contributed by atoms with E-state index in [1.807, 2.05) is 0 Å². The summed E-state index contributed by atoms with van der Waals surface area (Å²) in [4.78, 5) is 21.3. The maximum Gasteiger partial charge on any atom is 0.339 e. The minimum atomic E-state index is -1.12. The normalized spacial score (nSPS) is 10.7. The van der Waals surface area contributed by atoms with E-state index >= 15 is 0 Å². The smallest absolute Gasteiger partial charge is 0.339 e. The van der Waals surface area contributed by atoms with Crippen LogP contribution in [0, 0.1) is 24.0 Å². The van der Waals surface area contributed by atoms with E-state index in [1.165, 1.54) is 4.68 Å². The summed E-state index contributed by atoms with van der Waals surface area (Å²) in [6.07, 6.45) is 0. The van der Waals surface area contributed by atoms with Gasteiger partial charge in [-0.3, -0.25) is 10.1 Å². The highest BCUT2D eigenvalue weighted by atomic mass is 35.5. The van der Waals surface area contributed by atoms with Crippen molar-refractivity contribution in [2.45, 2.75) is 13.8 Å². The van der Waals surface area contributed by atoms with Gasteiger partial charge in [0.15, 0.2) is 0 Å². The molecule has 0 aliphatic carbocycles. The van der Waals surface area contributed by atoms with Crippen LogP contribution in [0.4, 0.5) is 5.69 Å². The van der Waals surface area contributed by atoms with Crippen LogP contribution in [0.15, 0.2) is 12.1 Å². The van der Waals surface area contributed by atoms with E-state index < -0.39 is 10.9 Å². The topological polar surface area (TPSA) is 98.3 Å². The molecule has 0 unspecified atom stereocenters. The fourth-order valence-corrected chi connectivity index (χ4v) is 2.67. The van der Waals surface area contributed by atoms with Crippen LogP contribution in [-0.2, 0) is 0 Å². The van der Waals surface area contributed by atoms with Crippen molar-refractivity contribution >= 4 is 34.9 Å². The Bertz CT molecular complexity index is 747. The number of aromatic nitrogens is 2. The number of nitro benzene ring substituents is 1. The number of aromatic carboxylic acids is 1. The molecule has 1 heterocycles. The number of aryl methyl sites for hydroxylation is 1. The fraction of sp³-hybridized carbons (Fsp3) is 0.167. The van der Waals surface area contributed by atoms with Gasteiger partial charge < -0.3 is 5.11 Å². The largest absolute Gasteiger partial charge is 0.478 e. The Hall–Kier alpha value is -2.12. The highest BCUT2D eigenvalue weighted by Gasteiger charge is 2.23. The zero-order chi connectivity index (χ0) is 15.9. The van der Waals surface area contributed by atoms with Gasteiger partial charge in [-0.25, -0.2) is 9.48 Å². The highest BCUT2D eigenvalue weighted by Crippen LogP contribution is 2.34. The first kappa shape index (κ1) is 15.3. The number of carboxylic acids is 1. The second-order valence-corrected chi connectivity index (χ2v) is 5.09. The van der Waals surface area contributed by atoms with Gasteiger partial charge in [0.05, 0.1) is 26.4 Å².